The van der Waals surface area contributed by atoms with Crippen molar-refractivity contribution in [2.24, 2.45) is 0 Å². The topological polar surface area (TPSA) is 76.1 Å². The van der Waals surface area contributed by atoms with E-state index in [2.05, 4.69) is 27.7 Å². The highest BCUT2D eigenvalue weighted by molar-refractivity contribution is 6.51. The lowest BCUT2D eigenvalue weighted by atomic mass is 9.87. The molecule has 0 aromatic heterocycles. The van der Waals surface area contributed by atoms with Crippen molar-refractivity contribution in [3.8, 4) is 11.5 Å². The number of ether oxygens (including phenoxy) is 2. The fraction of sp³-hybridized carbons (Fsp3) is 0.290. The van der Waals surface area contributed by atoms with E-state index in [1.54, 1.807) is 0 Å². The van der Waals surface area contributed by atoms with Crippen molar-refractivity contribution in [1.29, 1.82) is 0 Å². The zero-order valence-corrected chi connectivity index (χ0v) is 23.2. The van der Waals surface area contributed by atoms with E-state index in [-0.39, 0.29) is 33.1 Å². The molecule has 0 aliphatic carbocycles. The highest BCUT2D eigenvalue weighted by Gasteiger charge is 2.47. The number of ketones is 1. The van der Waals surface area contributed by atoms with Crippen LogP contribution in [0.15, 0.2) is 66.2 Å². The fourth-order valence-corrected chi connectivity index (χ4v) is 4.90. The number of anilines is 1. The summed E-state index contributed by atoms with van der Waals surface area (Å²) in [6.07, 6.45) is 0.844. The van der Waals surface area contributed by atoms with Crippen LogP contribution in [-0.4, -0.2) is 31.0 Å². The van der Waals surface area contributed by atoms with Crippen LogP contribution in [0, 0.1) is 0 Å². The Balaban J connectivity index is 1.95. The summed E-state index contributed by atoms with van der Waals surface area (Å²) in [4.78, 5) is 28.5. The first-order chi connectivity index (χ1) is 18.0. The lowest BCUT2D eigenvalue weighted by molar-refractivity contribution is -0.132. The van der Waals surface area contributed by atoms with Crippen LogP contribution in [0.1, 0.15) is 56.0 Å². The number of halogens is 1. The van der Waals surface area contributed by atoms with Crippen LogP contribution in [0.5, 0.6) is 11.5 Å². The second-order valence-electron chi connectivity index (χ2n) is 10.2. The minimum absolute atomic E-state index is 0.0429. The molecule has 1 unspecified atom stereocenters. The summed E-state index contributed by atoms with van der Waals surface area (Å²) in [6, 6.07) is 17.4. The minimum atomic E-state index is -0.855. The van der Waals surface area contributed by atoms with Gasteiger partial charge in [-0.2, -0.15) is 0 Å². The predicted molar refractivity (Wildman–Crippen MR) is 150 cm³/mol. The summed E-state index contributed by atoms with van der Waals surface area (Å²) in [7, 11) is 2.91. The number of hydrogen-bond donors (Lipinski definition) is 1. The lowest BCUT2D eigenvalue weighted by Crippen LogP contribution is -2.29. The van der Waals surface area contributed by atoms with Gasteiger partial charge in [-0.15, -0.1) is 0 Å². The van der Waals surface area contributed by atoms with E-state index in [4.69, 9.17) is 21.1 Å². The van der Waals surface area contributed by atoms with Crippen LogP contribution in [0.2, 0.25) is 5.02 Å². The van der Waals surface area contributed by atoms with Crippen LogP contribution in [-0.2, 0) is 21.4 Å². The number of Topliss-reactive ketones (excluding diaryl/α,β-unsaturated/α-hetero) is 1. The van der Waals surface area contributed by atoms with Crippen LogP contribution < -0.4 is 14.4 Å². The molecule has 0 saturated carbocycles. The number of aliphatic hydroxyl groups excluding tert-OH is 1. The van der Waals surface area contributed by atoms with Gasteiger partial charge in [0.15, 0.2) is 0 Å². The van der Waals surface area contributed by atoms with Gasteiger partial charge in [0.1, 0.15) is 17.3 Å². The Kier molecular flexibility index (Phi) is 7.56. The minimum Gasteiger partial charge on any atom is -0.507 e. The third kappa shape index (κ3) is 4.88. The summed E-state index contributed by atoms with van der Waals surface area (Å²) in [5.74, 6) is -1.28. The standard InChI is InChI=1S/C31H32ClNO5/c1-7-18-8-10-19(11-9-18)27-26(28(34)22-16-23(32)25(38-6)17-24(22)37-5)29(35)30(36)33(27)21-14-12-20(13-15-21)31(2,3)4/h8-17,27,34H,7H2,1-6H3/b28-26+. The van der Waals surface area contributed by atoms with Crippen molar-refractivity contribution in [3.63, 3.8) is 0 Å². The molecule has 1 aliphatic heterocycles. The number of carbonyl (C=O) groups is 2. The maximum Gasteiger partial charge on any atom is 0.300 e. The zero-order valence-electron chi connectivity index (χ0n) is 22.5. The zero-order chi connectivity index (χ0) is 27.8. The number of hydrogen-bond acceptors (Lipinski definition) is 5. The first-order valence-electron chi connectivity index (χ1n) is 12.4. The quantitative estimate of drug-likeness (QED) is 0.213. The second-order valence-corrected chi connectivity index (χ2v) is 10.7. The molecule has 4 rings (SSSR count). The average molecular weight is 534 g/mol. The molecule has 3 aromatic rings. The molecular formula is C31H32ClNO5. The Morgan fingerprint density at radius 1 is 0.947 bits per heavy atom. The normalized spacial score (nSPS) is 17.1. The smallest absolute Gasteiger partial charge is 0.300 e. The number of amides is 1. The maximum atomic E-state index is 13.5. The van der Waals surface area contributed by atoms with Crippen LogP contribution in [0.3, 0.4) is 0 Å². The third-order valence-corrected chi connectivity index (χ3v) is 7.18. The Labute approximate surface area is 228 Å². The fourth-order valence-electron chi connectivity index (χ4n) is 4.66. The molecule has 1 heterocycles. The summed E-state index contributed by atoms with van der Waals surface area (Å²) < 4.78 is 10.7. The second kappa shape index (κ2) is 10.5. The molecule has 1 aliphatic rings. The van der Waals surface area contributed by atoms with Gasteiger partial charge in [0.05, 0.1) is 36.4 Å². The van der Waals surface area contributed by atoms with Crippen molar-refractivity contribution >= 4 is 34.7 Å². The molecule has 1 fully saturated rings. The molecule has 1 saturated heterocycles. The van der Waals surface area contributed by atoms with Crippen LogP contribution >= 0.6 is 11.6 Å². The summed E-state index contributed by atoms with van der Waals surface area (Å²) in [5, 5.41) is 11.8. The highest BCUT2D eigenvalue weighted by Crippen LogP contribution is 2.45. The first kappa shape index (κ1) is 27.3. The molecule has 6 nitrogen and oxygen atoms in total. The van der Waals surface area contributed by atoms with E-state index in [1.165, 1.54) is 31.3 Å². The molecule has 0 radical (unpaired) electrons. The van der Waals surface area contributed by atoms with Crippen molar-refractivity contribution in [2.45, 2.75) is 45.6 Å². The third-order valence-electron chi connectivity index (χ3n) is 6.89. The van der Waals surface area contributed by atoms with Gasteiger partial charge < -0.3 is 14.6 Å². The number of nitrogens with zero attached hydrogens (tertiary/aromatic N) is 1. The van der Waals surface area contributed by atoms with E-state index < -0.39 is 17.7 Å². The summed E-state index contributed by atoms with van der Waals surface area (Å²) in [6.45, 7) is 8.38. The first-order valence-corrected chi connectivity index (χ1v) is 12.8. The molecule has 0 bridgehead atoms. The Morgan fingerprint density at radius 2 is 1.55 bits per heavy atom. The SMILES string of the molecule is CCc1ccc(C2/C(=C(\O)c3cc(Cl)c(OC)cc3OC)C(=O)C(=O)N2c2ccc(C(C)(C)C)cc2)cc1. The number of carbonyl (C=O) groups excluding carboxylic acids is 2. The lowest BCUT2D eigenvalue weighted by Gasteiger charge is -2.27. The van der Waals surface area contributed by atoms with Gasteiger partial charge in [-0.3, -0.25) is 14.5 Å². The van der Waals surface area contributed by atoms with E-state index in [9.17, 15) is 14.7 Å². The van der Waals surface area contributed by atoms with Gasteiger partial charge in [0.25, 0.3) is 11.7 Å². The molecular weight excluding hydrogens is 502 g/mol. The molecule has 38 heavy (non-hydrogen) atoms. The van der Waals surface area contributed by atoms with Crippen molar-refractivity contribution in [3.05, 3.63) is 93.5 Å². The Hall–Kier alpha value is -3.77. The molecule has 3 aromatic carbocycles. The number of methoxy groups -OCH3 is 2. The van der Waals surface area contributed by atoms with Gasteiger partial charge in [-0.1, -0.05) is 75.7 Å². The Bertz CT molecular complexity index is 1400. The monoisotopic (exact) mass is 533 g/mol. The molecule has 7 heteroatoms. The van der Waals surface area contributed by atoms with Crippen molar-refractivity contribution in [1.82, 2.24) is 0 Å². The van der Waals surface area contributed by atoms with Crippen LogP contribution in [0.25, 0.3) is 5.76 Å². The average Bonchev–Trinajstić information content (AvgIpc) is 3.17. The molecule has 1 N–H and O–H groups in total. The Morgan fingerprint density at radius 3 is 2.08 bits per heavy atom. The number of aliphatic hydroxyl groups is 1. The van der Waals surface area contributed by atoms with E-state index in [0.29, 0.717) is 17.0 Å². The largest absolute Gasteiger partial charge is 0.507 e. The number of rotatable bonds is 6. The highest BCUT2D eigenvalue weighted by atomic mass is 35.5. The number of benzene rings is 3. The predicted octanol–water partition coefficient (Wildman–Crippen LogP) is 6.84. The molecule has 0 spiro atoms. The molecule has 1 amide bonds. The maximum absolute atomic E-state index is 13.5. The van der Waals surface area contributed by atoms with E-state index in [1.807, 2.05) is 48.5 Å². The number of aryl methyl sites for hydroxylation is 1. The van der Waals surface area contributed by atoms with Crippen molar-refractivity contribution in [2.75, 3.05) is 19.1 Å². The van der Waals surface area contributed by atoms with E-state index in [0.717, 1.165) is 17.5 Å². The molecule has 1 atom stereocenters. The van der Waals surface area contributed by atoms with Gasteiger partial charge in [0, 0.05) is 11.8 Å². The van der Waals surface area contributed by atoms with Gasteiger partial charge in [-0.25, -0.2) is 0 Å². The van der Waals surface area contributed by atoms with Crippen LogP contribution in [0.4, 0.5) is 5.69 Å². The van der Waals surface area contributed by atoms with Gasteiger partial charge in [0.2, 0.25) is 0 Å². The van der Waals surface area contributed by atoms with Crippen molar-refractivity contribution < 1.29 is 24.2 Å². The summed E-state index contributed by atoms with van der Waals surface area (Å²) in [5.41, 5.74) is 3.54. The van der Waals surface area contributed by atoms with Gasteiger partial charge >= 0.3 is 0 Å². The van der Waals surface area contributed by atoms with Gasteiger partial charge in [-0.05, 0) is 46.7 Å². The van der Waals surface area contributed by atoms with E-state index >= 15 is 0 Å². The molecule has 198 valence electrons. The summed E-state index contributed by atoms with van der Waals surface area (Å²) >= 11 is 6.36.